The van der Waals surface area contributed by atoms with E-state index in [-0.39, 0.29) is 30.1 Å². The van der Waals surface area contributed by atoms with Gasteiger partial charge in [0.15, 0.2) is 21.7 Å². The van der Waals surface area contributed by atoms with Gasteiger partial charge in [-0.05, 0) is 25.5 Å². The summed E-state index contributed by atoms with van der Waals surface area (Å²) in [7, 11) is -3.10. The average molecular weight is 408 g/mol. The van der Waals surface area contributed by atoms with Crippen LogP contribution >= 0.6 is 22.9 Å². The van der Waals surface area contributed by atoms with Crippen LogP contribution in [-0.4, -0.2) is 49.7 Å². The number of ketones is 1. The second kappa shape index (κ2) is 8.29. The summed E-state index contributed by atoms with van der Waals surface area (Å²) < 4.78 is 28.2. The molecule has 2 rings (SSSR count). The first kappa shape index (κ1) is 19.9. The molecule has 1 aromatic rings. The van der Waals surface area contributed by atoms with Crippen molar-refractivity contribution in [2.45, 2.75) is 38.3 Å². The zero-order valence-electron chi connectivity index (χ0n) is 13.5. The Kier molecular flexibility index (Phi) is 6.59. The standard InChI is InChI=1S/C15H18ClNO6S2/c1-9(15(20)17-10-6-7-25(21,22)8-10)23-14(19)5-2-11(18)12-3-4-13(16)24-12/h3-4,9-10H,2,5-8H2,1H3,(H,17,20)/t9-,10+/m1/s1. The maximum Gasteiger partial charge on any atom is 0.307 e. The number of Topliss-reactive ketones (excluding diaryl/α,β-unsaturated/α-hetero) is 1. The van der Waals surface area contributed by atoms with Gasteiger partial charge in [0, 0.05) is 12.5 Å². The van der Waals surface area contributed by atoms with Crippen LogP contribution < -0.4 is 5.32 Å². The van der Waals surface area contributed by atoms with Crippen molar-refractivity contribution in [1.82, 2.24) is 5.32 Å². The smallest absolute Gasteiger partial charge is 0.307 e. The first-order valence-electron chi connectivity index (χ1n) is 7.65. The van der Waals surface area contributed by atoms with Crippen LogP contribution in [0.1, 0.15) is 35.9 Å². The van der Waals surface area contributed by atoms with E-state index in [9.17, 15) is 22.8 Å². The van der Waals surface area contributed by atoms with Gasteiger partial charge in [0.2, 0.25) is 0 Å². The molecule has 1 aliphatic rings. The number of sulfone groups is 1. The van der Waals surface area contributed by atoms with E-state index in [2.05, 4.69) is 5.32 Å². The fraction of sp³-hybridized carbons (Fsp3) is 0.533. The second-order valence-electron chi connectivity index (χ2n) is 5.77. The van der Waals surface area contributed by atoms with Gasteiger partial charge in [-0.25, -0.2) is 8.42 Å². The Balaban J connectivity index is 1.74. The fourth-order valence-electron chi connectivity index (χ4n) is 2.34. The van der Waals surface area contributed by atoms with Crippen LogP contribution in [0, 0.1) is 0 Å². The molecule has 2 heterocycles. The number of amides is 1. The number of thiophene rings is 1. The molecule has 1 fully saturated rings. The van der Waals surface area contributed by atoms with Crippen LogP contribution in [0.15, 0.2) is 12.1 Å². The van der Waals surface area contributed by atoms with Crippen molar-refractivity contribution in [2.24, 2.45) is 0 Å². The molecule has 10 heteroatoms. The fourth-order valence-corrected chi connectivity index (χ4v) is 5.02. The summed E-state index contributed by atoms with van der Waals surface area (Å²) in [6.07, 6.45) is -0.886. The van der Waals surface area contributed by atoms with E-state index in [0.717, 1.165) is 11.3 Å². The molecule has 1 amide bonds. The monoisotopic (exact) mass is 407 g/mol. The van der Waals surface area contributed by atoms with E-state index in [1.165, 1.54) is 6.92 Å². The van der Waals surface area contributed by atoms with Crippen LogP contribution in [0.4, 0.5) is 0 Å². The Morgan fingerprint density at radius 3 is 2.64 bits per heavy atom. The first-order valence-corrected chi connectivity index (χ1v) is 10.7. The summed E-state index contributed by atoms with van der Waals surface area (Å²) in [5.74, 6) is -1.50. The van der Waals surface area contributed by atoms with Crippen molar-refractivity contribution in [3.05, 3.63) is 21.3 Å². The van der Waals surface area contributed by atoms with Gasteiger partial charge in [-0.3, -0.25) is 14.4 Å². The number of nitrogens with one attached hydrogen (secondary N) is 1. The molecule has 0 bridgehead atoms. The number of halogens is 1. The minimum Gasteiger partial charge on any atom is -0.453 e. The number of hydrogen-bond acceptors (Lipinski definition) is 7. The predicted molar refractivity (Wildman–Crippen MR) is 93.6 cm³/mol. The van der Waals surface area contributed by atoms with E-state index in [4.69, 9.17) is 16.3 Å². The summed E-state index contributed by atoms with van der Waals surface area (Å²) in [6, 6.07) is 2.74. The number of esters is 1. The lowest BCUT2D eigenvalue weighted by atomic mass is 10.2. The quantitative estimate of drug-likeness (QED) is 0.543. The van der Waals surface area contributed by atoms with Gasteiger partial charge in [-0.2, -0.15) is 0 Å². The molecule has 2 atom stereocenters. The van der Waals surface area contributed by atoms with E-state index in [1.54, 1.807) is 12.1 Å². The molecule has 1 N–H and O–H groups in total. The van der Waals surface area contributed by atoms with E-state index < -0.39 is 33.9 Å². The van der Waals surface area contributed by atoms with Gasteiger partial charge in [-0.15, -0.1) is 11.3 Å². The van der Waals surface area contributed by atoms with Gasteiger partial charge in [-0.1, -0.05) is 11.6 Å². The summed E-state index contributed by atoms with van der Waals surface area (Å²) in [4.78, 5) is 36.1. The van der Waals surface area contributed by atoms with Crippen LogP contribution in [0.25, 0.3) is 0 Å². The highest BCUT2D eigenvalue weighted by Gasteiger charge is 2.30. The van der Waals surface area contributed by atoms with Gasteiger partial charge in [0.1, 0.15) is 0 Å². The van der Waals surface area contributed by atoms with Crippen molar-refractivity contribution in [3.8, 4) is 0 Å². The molecule has 138 valence electrons. The molecular formula is C15H18ClNO6S2. The van der Waals surface area contributed by atoms with Gasteiger partial charge < -0.3 is 10.1 Å². The van der Waals surface area contributed by atoms with Crippen molar-refractivity contribution in [2.75, 3.05) is 11.5 Å². The van der Waals surface area contributed by atoms with Crippen molar-refractivity contribution in [1.29, 1.82) is 0 Å². The summed E-state index contributed by atoms with van der Waals surface area (Å²) >= 11 is 6.89. The van der Waals surface area contributed by atoms with Crippen molar-refractivity contribution < 1.29 is 27.5 Å². The number of carbonyl (C=O) groups is 3. The Labute approximate surface area is 154 Å². The first-order chi connectivity index (χ1) is 11.7. The van der Waals surface area contributed by atoms with Gasteiger partial charge in [0.05, 0.1) is 27.1 Å². The normalized spacial score (nSPS) is 20.0. The zero-order chi connectivity index (χ0) is 18.6. The molecule has 1 aliphatic heterocycles. The number of ether oxygens (including phenoxy) is 1. The topological polar surface area (TPSA) is 107 Å². The average Bonchev–Trinajstić information content (AvgIpc) is 3.10. The second-order valence-corrected chi connectivity index (χ2v) is 9.71. The summed E-state index contributed by atoms with van der Waals surface area (Å²) in [6.45, 7) is 1.40. The lowest BCUT2D eigenvalue weighted by Crippen LogP contribution is -2.42. The zero-order valence-corrected chi connectivity index (χ0v) is 15.9. The Morgan fingerprint density at radius 2 is 2.08 bits per heavy atom. The number of hydrogen-bond donors (Lipinski definition) is 1. The Hall–Kier alpha value is -1.45. The third kappa shape index (κ3) is 6.09. The Morgan fingerprint density at radius 1 is 1.36 bits per heavy atom. The highest BCUT2D eigenvalue weighted by atomic mass is 35.5. The van der Waals surface area contributed by atoms with Crippen LogP contribution in [-0.2, 0) is 24.2 Å². The molecule has 1 aromatic heterocycles. The highest BCUT2D eigenvalue weighted by molar-refractivity contribution is 7.91. The molecule has 25 heavy (non-hydrogen) atoms. The summed E-state index contributed by atoms with van der Waals surface area (Å²) in [5, 5.41) is 2.56. The molecule has 7 nitrogen and oxygen atoms in total. The third-order valence-corrected chi connectivity index (χ3v) is 6.70. The minimum atomic E-state index is -3.10. The van der Waals surface area contributed by atoms with Gasteiger partial charge in [0.25, 0.3) is 5.91 Å². The largest absolute Gasteiger partial charge is 0.453 e. The predicted octanol–water partition coefficient (Wildman–Crippen LogP) is 1.60. The molecular weight excluding hydrogens is 390 g/mol. The number of rotatable bonds is 7. The van der Waals surface area contributed by atoms with Crippen LogP contribution in [0.2, 0.25) is 4.34 Å². The molecule has 0 unspecified atom stereocenters. The molecule has 1 saturated heterocycles. The maximum absolute atomic E-state index is 11.9. The van der Waals surface area contributed by atoms with Crippen LogP contribution in [0.3, 0.4) is 0 Å². The van der Waals surface area contributed by atoms with E-state index in [0.29, 0.717) is 15.6 Å². The van der Waals surface area contributed by atoms with E-state index >= 15 is 0 Å². The van der Waals surface area contributed by atoms with Crippen LogP contribution in [0.5, 0.6) is 0 Å². The molecule has 0 spiro atoms. The third-order valence-electron chi connectivity index (χ3n) is 3.66. The molecule has 0 aliphatic carbocycles. The van der Waals surface area contributed by atoms with Crippen molar-refractivity contribution >= 4 is 50.4 Å². The SMILES string of the molecule is C[C@@H](OC(=O)CCC(=O)c1ccc(Cl)s1)C(=O)N[C@H]1CCS(=O)(=O)C1. The Bertz CT molecular complexity index is 773. The maximum atomic E-state index is 11.9. The molecule has 0 radical (unpaired) electrons. The van der Waals surface area contributed by atoms with E-state index in [1.807, 2.05) is 0 Å². The minimum absolute atomic E-state index is 0.0368. The van der Waals surface area contributed by atoms with Gasteiger partial charge >= 0.3 is 5.97 Å². The number of carbonyl (C=O) groups excluding carboxylic acids is 3. The summed E-state index contributed by atoms with van der Waals surface area (Å²) in [5.41, 5.74) is 0. The lowest BCUT2D eigenvalue weighted by molar-refractivity contribution is -0.154. The molecule has 0 aromatic carbocycles. The van der Waals surface area contributed by atoms with Crippen molar-refractivity contribution in [3.63, 3.8) is 0 Å². The lowest BCUT2D eigenvalue weighted by Gasteiger charge is -2.16. The highest BCUT2D eigenvalue weighted by Crippen LogP contribution is 2.23. The molecule has 0 saturated carbocycles.